The van der Waals surface area contributed by atoms with Gasteiger partial charge >= 0.3 is 0 Å². The van der Waals surface area contributed by atoms with E-state index in [4.69, 9.17) is 4.74 Å². The molecule has 0 bridgehead atoms. The summed E-state index contributed by atoms with van der Waals surface area (Å²) in [5.74, 6) is 0.633. The molecule has 2 aromatic rings. The number of amides is 1. The van der Waals surface area contributed by atoms with Gasteiger partial charge in [0.25, 0.3) is 0 Å². The van der Waals surface area contributed by atoms with Gasteiger partial charge in [0.2, 0.25) is 5.91 Å². The number of rotatable bonds is 7. The summed E-state index contributed by atoms with van der Waals surface area (Å²) in [4.78, 5) is 12.1. The van der Waals surface area contributed by atoms with Crippen molar-refractivity contribution in [3.8, 4) is 5.75 Å². The lowest BCUT2D eigenvalue weighted by Gasteiger charge is -2.17. The van der Waals surface area contributed by atoms with E-state index in [2.05, 4.69) is 5.32 Å². The second-order valence-corrected chi connectivity index (χ2v) is 6.16. The van der Waals surface area contributed by atoms with E-state index in [0.29, 0.717) is 0 Å². The number of benzene rings is 2. The topological polar surface area (TPSA) is 58.6 Å². The molecule has 0 spiro atoms. The molecule has 2 unspecified atom stereocenters. The Morgan fingerprint density at radius 3 is 2.21 bits per heavy atom. The minimum absolute atomic E-state index is 0.0445. The largest absolute Gasteiger partial charge is 0.491 e. The molecule has 0 aromatic heterocycles. The Balaban J connectivity index is 1.89. The zero-order valence-corrected chi connectivity index (χ0v) is 14.4. The lowest BCUT2D eigenvalue weighted by Crippen LogP contribution is -2.28. The van der Waals surface area contributed by atoms with Crippen molar-refractivity contribution < 1.29 is 14.6 Å². The van der Waals surface area contributed by atoms with Crippen LogP contribution in [0.5, 0.6) is 5.75 Å². The SMILES string of the molecule is CC(C)Oc1ccc(C(C)NC(=O)CC(O)c2ccccc2)cc1. The standard InChI is InChI=1S/C20H25NO3/c1-14(2)24-18-11-9-16(10-12-18)15(3)21-20(23)13-19(22)17-7-5-4-6-8-17/h4-12,14-15,19,22H,13H2,1-3H3,(H,21,23). The van der Waals surface area contributed by atoms with Crippen LogP contribution in [0.25, 0.3) is 0 Å². The van der Waals surface area contributed by atoms with Crippen molar-refractivity contribution in [1.82, 2.24) is 5.32 Å². The summed E-state index contributed by atoms with van der Waals surface area (Å²) in [6.45, 7) is 5.88. The molecule has 2 rings (SSSR count). The predicted octanol–water partition coefficient (Wildman–Crippen LogP) is 3.77. The fourth-order valence-corrected chi connectivity index (χ4v) is 2.46. The summed E-state index contributed by atoms with van der Waals surface area (Å²) in [6, 6.07) is 16.8. The van der Waals surface area contributed by atoms with E-state index in [1.54, 1.807) is 0 Å². The smallest absolute Gasteiger partial charge is 0.223 e. The summed E-state index contributed by atoms with van der Waals surface area (Å²) in [5, 5.41) is 13.0. The number of carbonyl (C=O) groups excluding carboxylic acids is 1. The highest BCUT2D eigenvalue weighted by Crippen LogP contribution is 2.20. The zero-order valence-electron chi connectivity index (χ0n) is 14.4. The van der Waals surface area contributed by atoms with Crippen LogP contribution in [-0.4, -0.2) is 17.1 Å². The van der Waals surface area contributed by atoms with Gasteiger partial charge in [-0.1, -0.05) is 42.5 Å². The molecular weight excluding hydrogens is 302 g/mol. The molecule has 2 atom stereocenters. The average molecular weight is 327 g/mol. The van der Waals surface area contributed by atoms with E-state index < -0.39 is 6.10 Å². The maximum absolute atomic E-state index is 12.1. The van der Waals surface area contributed by atoms with Crippen molar-refractivity contribution in [3.05, 3.63) is 65.7 Å². The summed E-state index contributed by atoms with van der Waals surface area (Å²) in [7, 11) is 0. The molecule has 0 fully saturated rings. The molecule has 0 aliphatic carbocycles. The van der Waals surface area contributed by atoms with Crippen LogP contribution in [0, 0.1) is 0 Å². The third-order valence-electron chi connectivity index (χ3n) is 3.69. The van der Waals surface area contributed by atoms with Crippen molar-refractivity contribution in [1.29, 1.82) is 0 Å². The number of aliphatic hydroxyl groups excluding tert-OH is 1. The highest BCUT2D eigenvalue weighted by atomic mass is 16.5. The van der Waals surface area contributed by atoms with Crippen LogP contribution in [0.15, 0.2) is 54.6 Å². The van der Waals surface area contributed by atoms with Gasteiger partial charge in [0.1, 0.15) is 5.75 Å². The Morgan fingerprint density at radius 1 is 1.00 bits per heavy atom. The van der Waals surface area contributed by atoms with E-state index in [1.807, 2.05) is 75.4 Å². The third-order valence-corrected chi connectivity index (χ3v) is 3.69. The highest BCUT2D eigenvalue weighted by molar-refractivity contribution is 5.77. The van der Waals surface area contributed by atoms with Gasteiger partial charge in [0, 0.05) is 0 Å². The van der Waals surface area contributed by atoms with Crippen molar-refractivity contribution in [2.45, 2.75) is 45.4 Å². The first-order chi connectivity index (χ1) is 11.5. The molecule has 2 aromatic carbocycles. The van der Waals surface area contributed by atoms with Crippen LogP contribution in [0.2, 0.25) is 0 Å². The van der Waals surface area contributed by atoms with Crippen LogP contribution in [-0.2, 0) is 4.79 Å². The van der Waals surface area contributed by atoms with Gasteiger partial charge in [-0.3, -0.25) is 4.79 Å². The van der Waals surface area contributed by atoms with E-state index in [-0.39, 0.29) is 24.5 Å². The molecule has 0 aliphatic rings. The van der Waals surface area contributed by atoms with Crippen LogP contribution in [0.1, 0.15) is 50.5 Å². The Kier molecular flexibility index (Phi) is 6.38. The Morgan fingerprint density at radius 2 is 1.62 bits per heavy atom. The third kappa shape index (κ3) is 5.39. The van der Waals surface area contributed by atoms with Gasteiger partial charge < -0.3 is 15.2 Å². The number of nitrogens with one attached hydrogen (secondary N) is 1. The quantitative estimate of drug-likeness (QED) is 0.814. The van der Waals surface area contributed by atoms with Crippen LogP contribution in [0.4, 0.5) is 0 Å². The summed E-state index contributed by atoms with van der Waals surface area (Å²) in [6.07, 6.45) is -0.615. The van der Waals surface area contributed by atoms with Gasteiger partial charge in [0.05, 0.1) is 24.7 Å². The van der Waals surface area contributed by atoms with Gasteiger partial charge in [-0.05, 0) is 44.0 Å². The first-order valence-electron chi connectivity index (χ1n) is 8.24. The second kappa shape index (κ2) is 8.50. The molecule has 0 saturated heterocycles. The van der Waals surface area contributed by atoms with Crippen molar-refractivity contribution in [2.75, 3.05) is 0 Å². The van der Waals surface area contributed by atoms with Gasteiger partial charge in [-0.15, -0.1) is 0 Å². The molecule has 4 nitrogen and oxygen atoms in total. The summed E-state index contributed by atoms with van der Waals surface area (Å²) in [5.41, 5.74) is 1.74. The first kappa shape index (κ1) is 18.0. The predicted molar refractivity (Wildman–Crippen MR) is 94.8 cm³/mol. The monoisotopic (exact) mass is 327 g/mol. The Bertz CT molecular complexity index is 638. The molecule has 2 N–H and O–H groups in total. The van der Waals surface area contributed by atoms with Crippen molar-refractivity contribution in [2.24, 2.45) is 0 Å². The number of aliphatic hydroxyl groups is 1. The van der Waals surface area contributed by atoms with Gasteiger partial charge in [-0.25, -0.2) is 0 Å². The number of ether oxygens (including phenoxy) is 1. The fourth-order valence-electron chi connectivity index (χ4n) is 2.46. The lowest BCUT2D eigenvalue weighted by atomic mass is 10.1. The minimum atomic E-state index is -0.791. The maximum Gasteiger partial charge on any atom is 0.223 e. The average Bonchev–Trinajstić information content (AvgIpc) is 2.55. The molecule has 128 valence electrons. The molecule has 4 heteroatoms. The van der Waals surface area contributed by atoms with Crippen LogP contribution >= 0.6 is 0 Å². The van der Waals surface area contributed by atoms with E-state index >= 15 is 0 Å². The summed E-state index contributed by atoms with van der Waals surface area (Å²) < 4.78 is 5.61. The van der Waals surface area contributed by atoms with Gasteiger partial charge in [0.15, 0.2) is 0 Å². The molecular formula is C20H25NO3. The molecule has 0 radical (unpaired) electrons. The molecule has 24 heavy (non-hydrogen) atoms. The normalized spacial score (nSPS) is 13.4. The molecule has 0 aliphatic heterocycles. The fraction of sp³-hybridized carbons (Fsp3) is 0.350. The summed E-state index contributed by atoms with van der Waals surface area (Å²) >= 11 is 0. The Labute approximate surface area is 143 Å². The van der Waals surface area contributed by atoms with E-state index in [1.165, 1.54) is 0 Å². The van der Waals surface area contributed by atoms with Crippen LogP contribution in [0.3, 0.4) is 0 Å². The number of hydrogen-bond donors (Lipinski definition) is 2. The van der Waals surface area contributed by atoms with E-state index in [9.17, 15) is 9.90 Å². The van der Waals surface area contributed by atoms with E-state index in [0.717, 1.165) is 16.9 Å². The molecule has 0 saturated carbocycles. The Hall–Kier alpha value is -2.33. The maximum atomic E-state index is 12.1. The molecule has 0 heterocycles. The molecule has 1 amide bonds. The number of hydrogen-bond acceptors (Lipinski definition) is 3. The van der Waals surface area contributed by atoms with Crippen molar-refractivity contribution in [3.63, 3.8) is 0 Å². The lowest BCUT2D eigenvalue weighted by molar-refractivity contribution is -0.123. The second-order valence-electron chi connectivity index (χ2n) is 6.16. The van der Waals surface area contributed by atoms with Gasteiger partial charge in [-0.2, -0.15) is 0 Å². The first-order valence-corrected chi connectivity index (χ1v) is 8.24. The highest BCUT2D eigenvalue weighted by Gasteiger charge is 2.15. The zero-order chi connectivity index (χ0) is 17.5. The minimum Gasteiger partial charge on any atom is -0.491 e. The number of carbonyl (C=O) groups is 1. The van der Waals surface area contributed by atoms with Crippen LogP contribution < -0.4 is 10.1 Å². The van der Waals surface area contributed by atoms with Crippen molar-refractivity contribution >= 4 is 5.91 Å².